The van der Waals surface area contributed by atoms with E-state index in [0.29, 0.717) is 5.56 Å². The Kier molecular flexibility index (Phi) is 3.75. The Morgan fingerprint density at radius 3 is 2.61 bits per heavy atom. The number of carbonyl (C=O) groups is 2. The van der Waals surface area contributed by atoms with Gasteiger partial charge in [0, 0.05) is 5.56 Å². The second-order valence-corrected chi connectivity index (χ2v) is 5.20. The monoisotopic (exact) mass is 332 g/mol. The molecule has 23 heavy (non-hydrogen) atoms. The van der Waals surface area contributed by atoms with Crippen LogP contribution in [-0.4, -0.2) is 16.9 Å². The predicted octanol–water partition coefficient (Wildman–Crippen LogP) is 2.65. The average molecular weight is 333 g/mol. The highest BCUT2D eigenvalue weighted by Crippen LogP contribution is 2.27. The molecule has 1 heterocycles. The summed E-state index contributed by atoms with van der Waals surface area (Å²) >= 11 is 5.69. The van der Waals surface area contributed by atoms with Crippen LogP contribution in [0.25, 0.3) is 6.08 Å². The third-order valence-electron chi connectivity index (χ3n) is 3.29. The van der Waals surface area contributed by atoms with Crippen molar-refractivity contribution in [3.63, 3.8) is 0 Å². The van der Waals surface area contributed by atoms with Gasteiger partial charge < -0.3 is 5.11 Å². The molecule has 0 bridgehead atoms. The van der Waals surface area contributed by atoms with Crippen molar-refractivity contribution >= 4 is 35.2 Å². The van der Waals surface area contributed by atoms with E-state index < -0.39 is 17.6 Å². The van der Waals surface area contributed by atoms with E-state index in [9.17, 15) is 19.1 Å². The van der Waals surface area contributed by atoms with E-state index in [-0.39, 0.29) is 22.0 Å². The van der Waals surface area contributed by atoms with E-state index in [1.54, 1.807) is 18.2 Å². The molecule has 0 radical (unpaired) electrons. The number of hydrogen-bond donors (Lipinski definition) is 2. The molecule has 2 N–H and O–H groups in total. The number of para-hydroxylation sites is 1. The summed E-state index contributed by atoms with van der Waals surface area (Å²) in [6, 6.07) is 9.96. The first-order chi connectivity index (χ1) is 11.0. The minimum Gasteiger partial charge on any atom is -0.507 e. The minimum atomic E-state index is -0.627. The van der Waals surface area contributed by atoms with Crippen molar-refractivity contribution in [3.8, 4) is 5.75 Å². The normalized spacial score (nSPS) is 16.1. The summed E-state index contributed by atoms with van der Waals surface area (Å²) in [7, 11) is 0. The van der Waals surface area contributed by atoms with Crippen molar-refractivity contribution in [1.29, 1.82) is 0 Å². The maximum Gasteiger partial charge on any atom is 0.282 e. The SMILES string of the molecule is O=C1NN(c2ccc(F)c(Cl)c2)C(=O)C1=Cc1ccccc1O. The first kappa shape index (κ1) is 15.1. The van der Waals surface area contributed by atoms with Crippen LogP contribution >= 0.6 is 11.6 Å². The van der Waals surface area contributed by atoms with Gasteiger partial charge >= 0.3 is 0 Å². The molecule has 2 aromatic rings. The average Bonchev–Trinajstić information content (AvgIpc) is 2.80. The van der Waals surface area contributed by atoms with Gasteiger partial charge in [0.15, 0.2) is 0 Å². The molecule has 0 aromatic heterocycles. The molecule has 7 heteroatoms. The fourth-order valence-corrected chi connectivity index (χ4v) is 2.30. The van der Waals surface area contributed by atoms with Crippen LogP contribution in [0.15, 0.2) is 48.0 Å². The smallest absolute Gasteiger partial charge is 0.282 e. The molecule has 0 unspecified atom stereocenters. The lowest BCUT2D eigenvalue weighted by Gasteiger charge is -2.14. The van der Waals surface area contributed by atoms with Crippen molar-refractivity contribution in [2.45, 2.75) is 0 Å². The Morgan fingerprint density at radius 2 is 1.91 bits per heavy atom. The van der Waals surface area contributed by atoms with Crippen molar-refractivity contribution in [2.24, 2.45) is 0 Å². The van der Waals surface area contributed by atoms with Crippen molar-refractivity contribution < 1.29 is 19.1 Å². The number of amides is 2. The van der Waals surface area contributed by atoms with Gasteiger partial charge in [0.05, 0.1) is 10.7 Å². The summed E-state index contributed by atoms with van der Waals surface area (Å²) in [5.41, 5.74) is 2.79. The lowest BCUT2D eigenvalue weighted by molar-refractivity contribution is -0.117. The molecule has 3 rings (SSSR count). The molecule has 0 spiro atoms. The molecule has 0 atom stereocenters. The van der Waals surface area contributed by atoms with Gasteiger partial charge in [-0.15, -0.1) is 0 Å². The van der Waals surface area contributed by atoms with Crippen LogP contribution in [0.4, 0.5) is 10.1 Å². The van der Waals surface area contributed by atoms with E-state index in [2.05, 4.69) is 5.43 Å². The summed E-state index contributed by atoms with van der Waals surface area (Å²) in [4.78, 5) is 24.4. The molecule has 2 aromatic carbocycles. The molecule has 5 nitrogen and oxygen atoms in total. The van der Waals surface area contributed by atoms with Gasteiger partial charge in [0.2, 0.25) is 0 Å². The second-order valence-electron chi connectivity index (χ2n) is 4.80. The van der Waals surface area contributed by atoms with Crippen LogP contribution in [0.2, 0.25) is 5.02 Å². The van der Waals surface area contributed by atoms with Crippen LogP contribution in [0.5, 0.6) is 5.75 Å². The summed E-state index contributed by atoms with van der Waals surface area (Å²) in [5.74, 6) is -1.93. The number of benzene rings is 2. The van der Waals surface area contributed by atoms with E-state index >= 15 is 0 Å². The van der Waals surface area contributed by atoms with Gasteiger partial charge in [-0.2, -0.15) is 0 Å². The fourth-order valence-electron chi connectivity index (χ4n) is 2.13. The predicted molar refractivity (Wildman–Crippen MR) is 83.1 cm³/mol. The summed E-state index contributed by atoms with van der Waals surface area (Å²) in [5, 5.41) is 10.5. The molecule has 1 aliphatic heterocycles. The molecule has 2 amide bonds. The molecular weight excluding hydrogens is 323 g/mol. The third kappa shape index (κ3) is 2.76. The number of aromatic hydroxyl groups is 1. The molecule has 1 saturated heterocycles. The molecule has 1 fully saturated rings. The Labute approximate surface area is 135 Å². The van der Waals surface area contributed by atoms with Gasteiger partial charge in [-0.1, -0.05) is 29.8 Å². The summed E-state index contributed by atoms with van der Waals surface area (Å²) < 4.78 is 13.2. The van der Waals surface area contributed by atoms with Crippen molar-refractivity contribution in [2.75, 3.05) is 5.01 Å². The first-order valence-corrected chi connectivity index (χ1v) is 6.95. The van der Waals surface area contributed by atoms with Gasteiger partial charge in [-0.25, -0.2) is 9.40 Å². The number of hydrazine groups is 1. The maximum absolute atomic E-state index is 13.2. The highest BCUT2D eigenvalue weighted by Gasteiger charge is 2.34. The zero-order valence-electron chi connectivity index (χ0n) is 11.6. The van der Waals surface area contributed by atoms with E-state index in [1.165, 1.54) is 24.3 Å². The van der Waals surface area contributed by atoms with Crippen molar-refractivity contribution in [3.05, 3.63) is 64.4 Å². The quantitative estimate of drug-likeness (QED) is 0.656. The fraction of sp³-hybridized carbons (Fsp3) is 0. The number of hydrogen-bond acceptors (Lipinski definition) is 3. The number of phenolic OH excluding ortho intramolecular Hbond substituents is 1. The van der Waals surface area contributed by atoms with Crippen molar-refractivity contribution in [1.82, 2.24) is 5.43 Å². The van der Waals surface area contributed by atoms with E-state index in [4.69, 9.17) is 11.6 Å². The Morgan fingerprint density at radius 1 is 1.17 bits per heavy atom. The lowest BCUT2D eigenvalue weighted by Crippen LogP contribution is -2.35. The highest BCUT2D eigenvalue weighted by atomic mass is 35.5. The molecule has 116 valence electrons. The topological polar surface area (TPSA) is 69.6 Å². The van der Waals surface area contributed by atoms with Crippen LogP contribution in [-0.2, 0) is 9.59 Å². The van der Waals surface area contributed by atoms with E-state index in [0.717, 1.165) is 11.1 Å². The van der Waals surface area contributed by atoms with Gasteiger partial charge in [-0.05, 0) is 30.3 Å². The number of halogens is 2. The number of rotatable bonds is 2. The third-order valence-corrected chi connectivity index (χ3v) is 3.58. The van der Waals surface area contributed by atoms with Gasteiger partial charge in [0.25, 0.3) is 11.8 Å². The van der Waals surface area contributed by atoms with Crippen LogP contribution in [0.3, 0.4) is 0 Å². The Bertz CT molecular complexity index is 851. The largest absolute Gasteiger partial charge is 0.507 e. The van der Waals surface area contributed by atoms with Gasteiger partial charge in [-0.3, -0.25) is 15.0 Å². The molecule has 1 aliphatic rings. The molecule has 0 aliphatic carbocycles. The van der Waals surface area contributed by atoms with Crippen LogP contribution in [0.1, 0.15) is 5.56 Å². The Balaban J connectivity index is 1.97. The lowest BCUT2D eigenvalue weighted by atomic mass is 10.1. The zero-order valence-corrected chi connectivity index (χ0v) is 12.3. The maximum atomic E-state index is 13.2. The second kappa shape index (κ2) is 5.73. The zero-order chi connectivity index (χ0) is 16.6. The number of anilines is 1. The molecule has 0 saturated carbocycles. The van der Waals surface area contributed by atoms with Gasteiger partial charge in [0.1, 0.15) is 17.1 Å². The van der Waals surface area contributed by atoms with Crippen LogP contribution in [0, 0.1) is 5.82 Å². The number of phenols is 1. The number of nitrogens with one attached hydrogen (secondary N) is 1. The number of nitrogens with zero attached hydrogens (tertiary/aromatic N) is 1. The Hall–Kier alpha value is -2.86. The standard InChI is InChI=1S/C16H10ClFN2O3/c17-12-8-10(5-6-13(12)18)20-16(23)11(15(22)19-20)7-9-3-1-2-4-14(9)21/h1-8,21H,(H,19,22). The molecular formula is C16H10ClFN2O3. The number of carbonyl (C=O) groups excluding carboxylic acids is 2. The highest BCUT2D eigenvalue weighted by molar-refractivity contribution is 6.33. The van der Waals surface area contributed by atoms with Crippen LogP contribution < -0.4 is 10.4 Å². The summed E-state index contributed by atoms with van der Waals surface area (Å²) in [6.07, 6.45) is 1.29. The first-order valence-electron chi connectivity index (χ1n) is 6.57. The van der Waals surface area contributed by atoms with E-state index in [1.807, 2.05) is 0 Å². The minimum absolute atomic E-state index is 0.0520. The summed E-state index contributed by atoms with van der Waals surface area (Å²) in [6.45, 7) is 0.